The van der Waals surface area contributed by atoms with Crippen LogP contribution in [-0.2, 0) is 16.0 Å². The van der Waals surface area contributed by atoms with Gasteiger partial charge < -0.3 is 15.0 Å². The number of nitrogens with one attached hydrogen (secondary N) is 1. The molecule has 5 heteroatoms. The lowest BCUT2D eigenvalue weighted by Gasteiger charge is -2.33. The maximum Gasteiger partial charge on any atom is 0.410 e. The van der Waals surface area contributed by atoms with Crippen molar-refractivity contribution in [2.45, 2.75) is 39.2 Å². The average molecular weight is 302 g/mol. The van der Waals surface area contributed by atoms with Gasteiger partial charge in [0.15, 0.2) is 0 Å². The second-order valence-electron chi connectivity index (χ2n) is 7.22. The van der Waals surface area contributed by atoms with E-state index in [1.165, 1.54) is 0 Å². The minimum Gasteiger partial charge on any atom is -0.444 e. The lowest BCUT2D eigenvalue weighted by atomic mass is 9.77. The highest BCUT2D eigenvalue weighted by atomic mass is 16.6. The SMILES string of the molecule is CC(C)(C)OC(=O)N1CC[C@@]2(Cc3ccccc3NC2=O)C1. The van der Waals surface area contributed by atoms with Gasteiger partial charge in [0, 0.05) is 18.8 Å². The molecule has 2 aliphatic rings. The molecule has 3 rings (SSSR count). The first-order valence-corrected chi connectivity index (χ1v) is 7.66. The van der Waals surface area contributed by atoms with E-state index in [9.17, 15) is 9.59 Å². The Morgan fingerprint density at radius 2 is 2.05 bits per heavy atom. The van der Waals surface area contributed by atoms with Crippen LogP contribution < -0.4 is 5.32 Å². The van der Waals surface area contributed by atoms with Crippen LogP contribution in [0.5, 0.6) is 0 Å². The summed E-state index contributed by atoms with van der Waals surface area (Å²) in [6, 6.07) is 7.84. The second kappa shape index (κ2) is 5.00. The number of ether oxygens (including phenoxy) is 1. The van der Waals surface area contributed by atoms with Crippen molar-refractivity contribution in [1.29, 1.82) is 0 Å². The van der Waals surface area contributed by atoms with Gasteiger partial charge in [-0.05, 0) is 45.2 Å². The van der Waals surface area contributed by atoms with Crippen molar-refractivity contribution >= 4 is 17.7 Å². The molecule has 1 aromatic rings. The fraction of sp³-hybridized carbons (Fsp3) is 0.529. The Balaban J connectivity index is 1.77. The summed E-state index contributed by atoms with van der Waals surface area (Å²) >= 11 is 0. The summed E-state index contributed by atoms with van der Waals surface area (Å²) in [6.07, 6.45) is 1.01. The molecular formula is C17H22N2O3. The fourth-order valence-corrected chi connectivity index (χ4v) is 3.18. The maximum atomic E-state index is 12.5. The van der Waals surface area contributed by atoms with Gasteiger partial charge in [-0.1, -0.05) is 18.2 Å². The highest BCUT2D eigenvalue weighted by Crippen LogP contribution is 2.40. The minimum atomic E-state index is -0.523. The Morgan fingerprint density at radius 3 is 2.77 bits per heavy atom. The molecule has 2 amide bonds. The Hall–Kier alpha value is -2.04. The first kappa shape index (κ1) is 14.9. The van der Waals surface area contributed by atoms with Crippen molar-refractivity contribution in [1.82, 2.24) is 4.90 Å². The fourth-order valence-electron chi connectivity index (χ4n) is 3.18. The summed E-state index contributed by atoms with van der Waals surface area (Å²) in [7, 11) is 0. The molecule has 0 radical (unpaired) electrons. The van der Waals surface area contributed by atoms with Crippen LogP contribution in [0.3, 0.4) is 0 Å². The Bertz CT molecular complexity index is 621. The predicted molar refractivity (Wildman–Crippen MR) is 83.6 cm³/mol. The summed E-state index contributed by atoms with van der Waals surface area (Å²) in [4.78, 5) is 26.4. The van der Waals surface area contributed by atoms with E-state index in [-0.39, 0.29) is 12.0 Å². The van der Waals surface area contributed by atoms with E-state index in [0.29, 0.717) is 25.9 Å². The smallest absolute Gasteiger partial charge is 0.410 e. The Labute approximate surface area is 130 Å². The number of carbonyl (C=O) groups excluding carboxylic acids is 2. The van der Waals surface area contributed by atoms with Gasteiger partial charge in [-0.15, -0.1) is 0 Å². The lowest BCUT2D eigenvalue weighted by Crippen LogP contribution is -2.45. The molecule has 118 valence electrons. The van der Waals surface area contributed by atoms with E-state index in [4.69, 9.17) is 4.74 Å². The quantitative estimate of drug-likeness (QED) is 0.801. The number of likely N-dealkylation sites (tertiary alicyclic amines) is 1. The van der Waals surface area contributed by atoms with Crippen molar-refractivity contribution in [3.63, 3.8) is 0 Å². The van der Waals surface area contributed by atoms with Gasteiger partial charge in [-0.3, -0.25) is 4.79 Å². The molecular weight excluding hydrogens is 280 g/mol. The molecule has 0 aromatic heterocycles. The number of anilines is 1. The molecule has 1 N–H and O–H groups in total. The number of benzene rings is 1. The van der Waals surface area contributed by atoms with Gasteiger partial charge in [-0.25, -0.2) is 4.79 Å². The van der Waals surface area contributed by atoms with Crippen LogP contribution in [0.4, 0.5) is 10.5 Å². The highest BCUT2D eigenvalue weighted by molar-refractivity contribution is 5.99. The molecule has 1 saturated heterocycles. The van der Waals surface area contributed by atoms with Crippen LogP contribution in [-0.4, -0.2) is 35.6 Å². The van der Waals surface area contributed by atoms with Crippen molar-refractivity contribution in [3.05, 3.63) is 29.8 Å². The van der Waals surface area contributed by atoms with E-state index in [0.717, 1.165) is 11.3 Å². The van der Waals surface area contributed by atoms with Gasteiger partial charge in [-0.2, -0.15) is 0 Å². The zero-order valence-electron chi connectivity index (χ0n) is 13.3. The average Bonchev–Trinajstić information content (AvgIpc) is 2.84. The third kappa shape index (κ3) is 2.67. The third-order valence-corrected chi connectivity index (χ3v) is 4.28. The number of rotatable bonds is 0. The summed E-state index contributed by atoms with van der Waals surface area (Å²) in [5.74, 6) is 0.0114. The number of para-hydroxylation sites is 1. The molecule has 5 nitrogen and oxygen atoms in total. The van der Waals surface area contributed by atoms with Crippen LogP contribution >= 0.6 is 0 Å². The minimum absolute atomic E-state index is 0.0114. The molecule has 2 aliphatic heterocycles. The molecule has 1 spiro atoms. The number of fused-ring (bicyclic) bond motifs is 1. The number of hydrogen-bond acceptors (Lipinski definition) is 3. The molecule has 1 atom stereocenters. The van der Waals surface area contributed by atoms with Crippen LogP contribution in [0.1, 0.15) is 32.8 Å². The van der Waals surface area contributed by atoms with Gasteiger partial charge in [0.25, 0.3) is 0 Å². The van der Waals surface area contributed by atoms with Gasteiger partial charge in [0.1, 0.15) is 5.60 Å². The zero-order valence-corrected chi connectivity index (χ0v) is 13.3. The zero-order chi connectivity index (χ0) is 16.0. The van der Waals surface area contributed by atoms with Crippen molar-refractivity contribution < 1.29 is 14.3 Å². The second-order valence-corrected chi connectivity index (χ2v) is 7.22. The molecule has 0 bridgehead atoms. The van der Waals surface area contributed by atoms with E-state index < -0.39 is 11.0 Å². The van der Waals surface area contributed by atoms with E-state index in [2.05, 4.69) is 5.32 Å². The number of hydrogen-bond donors (Lipinski definition) is 1. The van der Waals surface area contributed by atoms with Crippen LogP contribution in [0, 0.1) is 5.41 Å². The normalized spacial score (nSPS) is 24.1. The maximum absolute atomic E-state index is 12.5. The summed E-state index contributed by atoms with van der Waals surface area (Å²) in [5.41, 5.74) is 0.974. The largest absolute Gasteiger partial charge is 0.444 e. The van der Waals surface area contributed by atoms with E-state index in [1.54, 1.807) is 4.90 Å². The summed E-state index contributed by atoms with van der Waals surface area (Å²) < 4.78 is 5.42. The molecule has 0 saturated carbocycles. The number of nitrogens with zero attached hydrogens (tertiary/aromatic N) is 1. The van der Waals surface area contributed by atoms with Gasteiger partial charge in [0.05, 0.1) is 5.41 Å². The molecule has 1 aromatic carbocycles. The van der Waals surface area contributed by atoms with Crippen LogP contribution in [0.2, 0.25) is 0 Å². The van der Waals surface area contributed by atoms with E-state index in [1.807, 2.05) is 45.0 Å². The topological polar surface area (TPSA) is 58.6 Å². The Morgan fingerprint density at radius 1 is 1.32 bits per heavy atom. The van der Waals surface area contributed by atoms with Crippen molar-refractivity contribution in [2.24, 2.45) is 5.41 Å². The first-order valence-electron chi connectivity index (χ1n) is 7.66. The summed E-state index contributed by atoms with van der Waals surface area (Å²) in [6.45, 7) is 6.52. The van der Waals surface area contributed by atoms with Crippen LogP contribution in [0.15, 0.2) is 24.3 Å². The van der Waals surface area contributed by atoms with Crippen molar-refractivity contribution in [2.75, 3.05) is 18.4 Å². The monoisotopic (exact) mass is 302 g/mol. The number of carbonyl (C=O) groups is 2. The number of amides is 2. The predicted octanol–water partition coefficient (Wildman–Crippen LogP) is 2.81. The van der Waals surface area contributed by atoms with Crippen LogP contribution in [0.25, 0.3) is 0 Å². The van der Waals surface area contributed by atoms with Crippen molar-refractivity contribution in [3.8, 4) is 0 Å². The van der Waals surface area contributed by atoms with Gasteiger partial charge >= 0.3 is 6.09 Å². The molecule has 0 aliphatic carbocycles. The first-order chi connectivity index (χ1) is 10.3. The summed E-state index contributed by atoms with van der Waals surface area (Å²) in [5, 5.41) is 2.98. The molecule has 2 heterocycles. The lowest BCUT2D eigenvalue weighted by molar-refractivity contribution is -0.125. The van der Waals surface area contributed by atoms with E-state index >= 15 is 0 Å². The molecule has 0 unspecified atom stereocenters. The molecule has 1 fully saturated rings. The molecule has 22 heavy (non-hydrogen) atoms. The Kier molecular flexibility index (Phi) is 3.38. The standard InChI is InChI=1S/C17H22N2O3/c1-16(2,3)22-15(21)19-9-8-17(11-19)10-12-6-4-5-7-13(12)18-14(17)20/h4-7H,8-11H2,1-3H3,(H,18,20)/t17-/m1/s1. The van der Waals surface area contributed by atoms with Gasteiger partial charge in [0.2, 0.25) is 5.91 Å². The highest BCUT2D eigenvalue weighted by Gasteiger charge is 2.49. The third-order valence-electron chi connectivity index (χ3n) is 4.28.